The monoisotopic (exact) mass is 403 g/mol. The van der Waals surface area contributed by atoms with E-state index < -0.39 is 30.6 Å². The van der Waals surface area contributed by atoms with E-state index in [0.717, 1.165) is 19.3 Å². The van der Waals surface area contributed by atoms with Gasteiger partial charge in [-0.3, -0.25) is 4.57 Å². The van der Waals surface area contributed by atoms with E-state index in [1.165, 1.54) is 17.2 Å². The second-order valence-corrected chi connectivity index (χ2v) is 7.38. The minimum absolute atomic E-state index is 0.0909. The van der Waals surface area contributed by atoms with Gasteiger partial charge in [-0.2, -0.15) is 0 Å². The number of imidazole rings is 1. The van der Waals surface area contributed by atoms with Gasteiger partial charge >= 0.3 is 0 Å². The lowest BCUT2D eigenvalue weighted by molar-refractivity contribution is -0.0439. The third-order valence-electron chi connectivity index (χ3n) is 5.46. The van der Waals surface area contributed by atoms with Gasteiger partial charge in [0.2, 0.25) is 11.8 Å². The maximum absolute atomic E-state index is 10.6. The Hall–Kier alpha value is -2.67. The van der Waals surface area contributed by atoms with Crippen LogP contribution in [0.2, 0.25) is 0 Å². The molecule has 0 radical (unpaired) electrons. The zero-order chi connectivity index (χ0) is 20.1. The molecule has 6 atom stereocenters. The molecule has 1 saturated carbocycles. The van der Waals surface area contributed by atoms with Crippen molar-refractivity contribution in [2.45, 2.75) is 62.9 Å². The quantitative estimate of drug-likeness (QED) is 0.457. The molecule has 0 bridgehead atoms. The van der Waals surface area contributed by atoms with Gasteiger partial charge in [0.25, 0.3) is 0 Å². The number of ether oxygens (including phenoxy) is 1. The van der Waals surface area contributed by atoms with Crippen LogP contribution in [0.4, 0.5) is 5.82 Å². The molecule has 12 nitrogen and oxygen atoms in total. The van der Waals surface area contributed by atoms with Crippen molar-refractivity contribution in [3.63, 3.8) is 0 Å². The number of hydrogen-bond acceptors (Lipinski definition) is 11. The van der Waals surface area contributed by atoms with Crippen LogP contribution in [0.15, 0.2) is 17.1 Å². The summed E-state index contributed by atoms with van der Waals surface area (Å²) >= 11 is 0. The molecule has 1 aliphatic heterocycles. The first-order valence-corrected chi connectivity index (χ1v) is 9.46. The molecular weight excluding hydrogens is 382 g/mol. The van der Waals surface area contributed by atoms with E-state index in [0.29, 0.717) is 22.9 Å². The Morgan fingerprint density at radius 2 is 1.97 bits per heavy atom. The maximum Gasteiger partial charge on any atom is 0.248 e. The van der Waals surface area contributed by atoms with E-state index in [-0.39, 0.29) is 11.9 Å². The van der Waals surface area contributed by atoms with Crippen LogP contribution in [-0.4, -0.2) is 69.4 Å². The Kier molecular flexibility index (Phi) is 4.42. The Morgan fingerprint density at radius 1 is 1.10 bits per heavy atom. The Morgan fingerprint density at radius 3 is 2.69 bits per heavy atom. The lowest BCUT2D eigenvalue weighted by Gasteiger charge is -2.18. The summed E-state index contributed by atoms with van der Waals surface area (Å²) in [4.78, 5) is 12.9. The average Bonchev–Trinajstić information content (AvgIpc) is 3.47. The summed E-state index contributed by atoms with van der Waals surface area (Å²) in [5.41, 5.74) is 0.905. The van der Waals surface area contributed by atoms with Gasteiger partial charge in [-0.05, 0) is 19.3 Å². The number of aryl methyl sites for hydroxylation is 1. The topological polar surface area (TPSA) is 164 Å². The minimum atomic E-state index is -1.26. The van der Waals surface area contributed by atoms with E-state index >= 15 is 0 Å². The summed E-state index contributed by atoms with van der Waals surface area (Å²) in [6, 6.07) is -0.0986. The van der Waals surface area contributed by atoms with Gasteiger partial charge in [0.15, 0.2) is 29.3 Å². The summed E-state index contributed by atoms with van der Waals surface area (Å²) in [6.07, 6.45) is 0.505. The normalized spacial score (nSPS) is 32.3. The summed E-state index contributed by atoms with van der Waals surface area (Å²) in [5, 5.41) is 41.9. The molecule has 0 unspecified atom stereocenters. The largest absolute Gasteiger partial charge is 0.423 e. The number of aliphatic hydroxyl groups is 3. The third kappa shape index (κ3) is 3.04. The predicted octanol–water partition coefficient (Wildman–Crippen LogP) is -0.165. The lowest BCUT2D eigenvalue weighted by Crippen LogP contribution is -2.29. The molecule has 29 heavy (non-hydrogen) atoms. The summed E-state index contributed by atoms with van der Waals surface area (Å²) in [7, 11) is 0. The van der Waals surface area contributed by atoms with Gasteiger partial charge in [0, 0.05) is 6.92 Å². The molecule has 4 heterocycles. The molecule has 2 fully saturated rings. The fourth-order valence-corrected chi connectivity index (χ4v) is 3.95. The molecule has 5 rings (SSSR count). The summed E-state index contributed by atoms with van der Waals surface area (Å²) in [6.45, 7) is 1.63. The van der Waals surface area contributed by atoms with Crippen LogP contribution in [-0.2, 0) is 4.74 Å². The molecule has 0 spiro atoms. The summed E-state index contributed by atoms with van der Waals surface area (Å²) < 4.78 is 12.7. The van der Waals surface area contributed by atoms with Gasteiger partial charge < -0.3 is 29.8 Å². The highest BCUT2D eigenvalue weighted by Gasteiger charge is 2.47. The fraction of sp³-hybridized carbons (Fsp3) is 0.588. The Bertz CT molecular complexity index is 1020. The number of aliphatic hydroxyl groups excluding tert-OH is 3. The molecule has 4 N–H and O–H groups in total. The molecule has 1 aliphatic carbocycles. The fourth-order valence-electron chi connectivity index (χ4n) is 3.95. The average molecular weight is 403 g/mol. The van der Waals surface area contributed by atoms with Crippen LogP contribution in [0.5, 0.6) is 0 Å². The summed E-state index contributed by atoms with van der Waals surface area (Å²) in [5.74, 6) is 0.921. The van der Waals surface area contributed by atoms with Gasteiger partial charge in [0.1, 0.15) is 18.5 Å². The van der Waals surface area contributed by atoms with E-state index in [2.05, 4.69) is 30.5 Å². The molecule has 2 aliphatic rings. The van der Waals surface area contributed by atoms with Gasteiger partial charge in [-0.15, -0.1) is 10.2 Å². The van der Waals surface area contributed by atoms with E-state index in [1.807, 2.05) is 0 Å². The highest BCUT2D eigenvalue weighted by molar-refractivity contribution is 5.82. The van der Waals surface area contributed by atoms with Crippen LogP contribution in [0.25, 0.3) is 11.2 Å². The number of nitrogens with zero attached hydrogens (tertiary/aromatic N) is 6. The standard InChI is InChI=1S/C17H21N7O5/c1-7-22-23-16(28-7)13-11(26)12(27)17(29-13)24-6-20-10-14(18-5-19-15(10)24)21-8-3-2-4-9(8)25/h5-6,8-9,11-13,17,25-27H,2-4H2,1H3,(H,18,19,21)/t8-,9-,11-,12+,13-,17+/m0/s1. The Balaban J connectivity index is 1.45. The maximum atomic E-state index is 10.6. The first-order chi connectivity index (χ1) is 14.0. The number of fused-ring (bicyclic) bond motifs is 1. The van der Waals surface area contributed by atoms with Crippen LogP contribution < -0.4 is 5.32 Å². The molecule has 1 saturated heterocycles. The van der Waals surface area contributed by atoms with E-state index in [9.17, 15) is 15.3 Å². The van der Waals surface area contributed by atoms with Crippen LogP contribution >= 0.6 is 0 Å². The minimum Gasteiger partial charge on any atom is -0.423 e. The number of nitrogens with one attached hydrogen (secondary N) is 1. The van der Waals surface area contributed by atoms with E-state index in [4.69, 9.17) is 9.15 Å². The molecule has 154 valence electrons. The highest BCUT2D eigenvalue weighted by atomic mass is 16.6. The zero-order valence-corrected chi connectivity index (χ0v) is 15.6. The van der Waals surface area contributed by atoms with Crippen LogP contribution in [0.3, 0.4) is 0 Å². The van der Waals surface area contributed by atoms with Crippen molar-refractivity contribution in [3.8, 4) is 0 Å². The van der Waals surface area contributed by atoms with Gasteiger partial charge in [0.05, 0.1) is 18.5 Å². The van der Waals surface area contributed by atoms with Crippen molar-refractivity contribution in [1.82, 2.24) is 29.7 Å². The molecule has 0 amide bonds. The molecule has 12 heteroatoms. The van der Waals surface area contributed by atoms with Crippen LogP contribution in [0.1, 0.15) is 43.4 Å². The number of anilines is 1. The zero-order valence-electron chi connectivity index (χ0n) is 15.6. The first-order valence-electron chi connectivity index (χ1n) is 9.46. The van der Waals surface area contributed by atoms with E-state index in [1.54, 1.807) is 6.92 Å². The molecular formula is C17H21N7O5. The Labute approximate surface area is 164 Å². The predicted molar refractivity (Wildman–Crippen MR) is 96.5 cm³/mol. The number of hydrogen-bond donors (Lipinski definition) is 4. The van der Waals surface area contributed by atoms with Crippen molar-refractivity contribution < 1.29 is 24.5 Å². The van der Waals surface area contributed by atoms with Crippen molar-refractivity contribution in [3.05, 3.63) is 24.4 Å². The second-order valence-electron chi connectivity index (χ2n) is 7.38. The number of aromatic nitrogens is 6. The smallest absolute Gasteiger partial charge is 0.248 e. The van der Waals surface area contributed by atoms with Crippen LogP contribution in [0, 0.1) is 6.92 Å². The second kappa shape index (κ2) is 6.99. The molecule has 0 aromatic carbocycles. The van der Waals surface area contributed by atoms with Crippen molar-refractivity contribution >= 4 is 17.0 Å². The highest BCUT2D eigenvalue weighted by Crippen LogP contribution is 2.39. The van der Waals surface area contributed by atoms with Gasteiger partial charge in [-0.25, -0.2) is 15.0 Å². The van der Waals surface area contributed by atoms with Gasteiger partial charge in [-0.1, -0.05) is 0 Å². The van der Waals surface area contributed by atoms with Crippen molar-refractivity contribution in [2.75, 3.05) is 5.32 Å². The van der Waals surface area contributed by atoms with Crippen molar-refractivity contribution in [2.24, 2.45) is 0 Å². The molecule has 3 aromatic heterocycles. The van der Waals surface area contributed by atoms with Crippen molar-refractivity contribution in [1.29, 1.82) is 0 Å². The number of rotatable bonds is 4. The first kappa shape index (κ1) is 18.4. The molecule has 3 aromatic rings. The third-order valence-corrected chi connectivity index (χ3v) is 5.46. The SMILES string of the molecule is Cc1nnc([C@H]2O[C@@H](n3cnc4c(N[C@H]5CCC[C@@H]5O)ncnc43)[C@H](O)[C@@H]2O)o1. The lowest BCUT2D eigenvalue weighted by atomic mass is 10.1.